The maximum Gasteiger partial charge on any atom is 0.414 e. The standard InChI is InChI=1S/C15H20N4S.2C2H2O4/c1-10-17-14(19-8-6-16-7-9-19)13-11-4-2-3-5-12(11)20-15(13)18-10;2*3-1(4)2(5)6/h16H,2-9H2,1H3;2*(H,3,4)(H,5,6). The van der Waals surface area contributed by atoms with Crippen LogP contribution in [0.25, 0.3) is 10.2 Å². The molecule has 0 bridgehead atoms. The summed E-state index contributed by atoms with van der Waals surface area (Å²) in [6.07, 6.45) is 5.08. The number of nitrogens with one attached hydrogen (secondary N) is 1. The summed E-state index contributed by atoms with van der Waals surface area (Å²) in [4.78, 5) is 51.1. The molecule has 0 spiro atoms. The molecule has 1 aliphatic carbocycles. The van der Waals surface area contributed by atoms with Gasteiger partial charge < -0.3 is 30.6 Å². The monoisotopic (exact) mass is 468 g/mol. The number of anilines is 1. The summed E-state index contributed by atoms with van der Waals surface area (Å²) < 4.78 is 0. The normalized spacial score (nSPS) is 14.8. The third-order valence-electron chi connectivity index (χ3n) is 4.69. The molecule has 12 nitrogen and oxygen atoms in total. The van der Waals surface area contributed by atoms with Gasteiger partial charge in [-0.05, 0) is 38.2 Å². The lowest BCUT2D eigenvalue weighted by molar-refractivity contribution is -0.159. The molecular formula is C19H24N4O8S. The number of nitrogens with zero attached hydrogens (tertiary/aromatic N) is 3. The van der Waals surface area contributed by atoms with E-state index in [0.29, 0.717) is 0 Å². The minimum absolute atomic E-state index is 0.907. The molecule has 5 N–H and O–H groups in total. The first kappa shape index (κ1) is 24.9. The third-order valence-corrected chi connectivity index (χ3v) is 5.88. The Kier molecular flexibility index (Phi) is 8.84. The minimum Gasteiger partial charge on any atom is -0.473 e. The number of aromatic nitrogens is 2. The molecule has 13 heteroatoms. The van der Waals surface area contributed by atoms with Crippen LogP contribution in [0.5, 0.6) is 0 Å². The first-order valence-electron chi connectivity index (χ1n) is 9.78. The lowest BCUT2D eigenvalue weighted by Crippen LogP contribution is -2.44. The summed E-state index contributed by atoms with van der Waals surface area (Å²) in [5, 5.41) is 34.3. The molecule has 4 rings (SSSR count). The van der Waals surface area contributed by atoms with Crippen molar-refractivity contribution in [1.29, 1.82) is 0 Å². The molecule has 1 fully saturated rings. The highest BCUT2D eigenvalue weighted by molar-refractivity contribution is 7.19. The number of thiophene rings is 1. The summed E-state index contributed by atoms with van der Waals surface area (Å²) >= 11 is 1.90. The molecule has 32 heavy (non-hydrogen) atoms. The molecular weight excluding hydrogens is 444 g/mol. The van der Waals surface area contributed by atoms with Crippen molar-refractivity contribution in [3.05, 3.63) is 16.3 Å². The number of carboxylic acids is 4. The predicted octanol–water partition coefficient (Wildman–Crippen LogP) is 0.599. The molecule has 1 aliphatic heterocycles. The van der Waals surface area contributed by atoms with Gasteiger partial charge in [-0.25, -0.2) is 29.1 Å². The fraction of sp³-hybridized carbons (Fsp3) is 0.474. The highest BCUT2D eigenvalue weighted by atomic mass is 32.1. The van der Waals surface area contributed by atoms with Crippen molar-refractivity contribution in [2.45, 2.75) is 32.6 Å². The molecule has 3 heterocycles. The fourth-order valence-corrected chi connectivity index (χ4v) is 4.65. The van der Waals surface area contributed by atoms with Crippen LogP contribution in [-0.2, 0) is 32.0 Å². The van der Waals surface area contributed by atoms with E-state index in [-0.39, 0.29) is 0 Å². The largest absolute Gasteiger partial charge is 0.473 e. The molecule has 2 aromatic rings. The Morgan fingerprint density at radius 1 is 0.875 bits per heavy atom. The number of hydrogen-bond acceptors (Lipinski definition) is 9. The maximum absolute atomic E-state index is 9.10. The molecule has 0 radical (unpaired) electrons. The average molecular weight is 468 g/mol. The van der Waals surface area contributed by atoms with Crippen LogP contribution in [0.15, 0.2) is 0 Å². The number of carbonyl (C=O) groups is 4. The Bertz CT molecular complexity index is 968. The van der Waals surface area contributed by atoms with Crippen molar-refractivity contribution in [2.75, 3.05) is 31.1 Å². The van der Waals surface area contributed by atoms with E-state index >= 15 is 0 Å². The molecule has 0 unspecified atom stereocenters. The summed E-state index contributed by atoms with van der Waals surface area (Å²) in [6.45, 7) is 6.23. The van der Waals surface area contributed by atoms with Crippen molar-refractivity contribution in [3.63, 3.8) is 0 Å². The molecule has 0 aromatic carbocycles. The predicted molar refractivity (Wildman–Crippen MR) is 114 cm³/mol. The van der Waals surface area contributed by atoms with Gasteiger partial charge in [0.25, 0.3) is 0 Å². The second kappa shape index (κ2) is 11.3. The maximum atomic E-state index is 9.10. The van der Waals surface area contributed by atoms with Crippen LogP contribution in [0.4, 0.5) is 5.82 Å². The van der Waals surface area contributed by atoms with Gasteiger partial charge in [0.1, 0.15) is 16.5 Å². The van der Waals surface area contributed by atoms with Crippen LogP contribution in [-0.4, -0.2) is 80.5 Å². The van der Waals surface area contributed by atoms with Gasteiger partial charge in [-0.1, -0.05) is 0 Å². The van der Waals surface area contributed by atoms with Crippen molar-refractivity contribution in [1.82, 2.24) is 15.3 Å². The van der Waals surface area contributed by atoms with Gasteiger partial charge in [-0.2, -0.15) is 0 Å². The Morgan fingerprint density at radius 3 is 1.94 bits per heavy atom. The van der Waals surface area contributed by atoms with Gasteiger partial charge in [0.05, 0.1) is 5.39 Å². The second-order valence-electron chi connectivity index (χ2n) is 6.94. The molecule has 2 aliphatic rings. The number of aryl methyl sites for hydroxylation is 3. The Balaban J connectivity index is 0.000000253. The number of carboxylic acid groups (broad SMARTS) is 4. The van der Waals surface area contributed by atoms with Crippen molar-refractivity contribution in [3.8, 4) is 0 Å². The molecule has 0 saturated carbocycles. The number of hydrogen-bond donors (Lipinski definition) is 5. The van der Waals surface area contributed by atoms with E-state index in [9.17, 15) is 0 Å². The van der Waals surface area contributed by atoms with Crippen LogP contribution < -0.4 is 10.2 Å². The number of fused-ring (bicyclic) bond motifs is 3. The lowest BCUT2D eigenvalue weighted by Gasteiger charge is -2.29. The molecule has 174 valence electrons. The summed E-state index contributed by atoms with van der Waals surface area (Å²) in [6, 6.07) is 0. The van der Waals surface area contributed by atoms with Crippen LogP contribution in [0.3, 0.4) is 0 Å². The molecule has 2 aromatic heterocycles. The van der Waals surface area contributed by atoms with Gasteiger partial charge in [0.15, 0.2) is 0 Å². The lowest BCUT2D eigenvalue weighted by atomic mass is 9.97. The third kappa shape index (κ3) is 6.59. The van der Waals surface area contributed by atoms with Gasteiger partial charge in [-0.15, -0.1) is 11.3 Å². The van der Waals surface area contributed by atoms with E-state index in [4.69, 9.17) is 49.6 Å². The van der Waals surface area contributed by atoms with E-state index in [0.717, 1.165) is 32.0 Å². The van der Waals surface area contributed by atoms with Gasteiger partial charge in [0.2, 0.25) is 0 Å². The van der Waals surface area contributed by atoms with Crippen LogP contribution >= 0.6 is 11.3 Å². The van der Waals surface area contributed by atoms with Gasteiger partial charge >= 0.3 is 23.9 Å². The summed E-state index contributed by atoms with van der Waals surface area (Å²) in [5.74, 6) is -5.20. The number of piperazine rings is 1. The van der Waals surface area contributed by atoms with Crippen LogP contribution in [0.1, 0.15) is 29.1 Å². The van der Waals surface area contributed by atoms with Gasteiger partial charge in [0, 0.05) is 31.1 Å². The number of rotatable bonds is 1. The van der Waals surface area contributed by atoms with E-state index < -0.39 is 23.9 Å². The quantitative estimate of drug-likeness (QED) is 0.367. The highest BCUT2D eigenvalue weighted by Crippen LogP contribution is 2.39. The first-order chi connectivity index (χ1) is 15.1. The Morgan fingerprint density at radius 2 is 1.41 bits per heavy atom. The van der Waals surface area contributed by atoms with Gasteiger partial charge in [-0.3, -0.25) is 0 Å². The van der Waals surface area contributed by atoms with Crippen molar-refractivity contribution in [2.24, 2.45) is 0 Å². The Hall–Kier alpha value is -3.32. The second-order valence-corrected chi connectivity index (χ2v) is 8.03. The van der Waals surface area contributed by atoms with Crippen molar-refractivity contribution >= 4 is 51.2 Å². The number of aliphatic carboxylic acids is 4. The zero-order valence-corrected chi connectivity index (χ0v) is 18.1. The summed E-state index contributed by atoms with van der Waals surface area (Å²) in [5.41, 5.74) is 1.55. The molecule has 0 amide bonds. The SMILES string of the molecule is Cc1nc(N2CCNCC2)c2c3c(sc2n1)CCCC3.O=C(O)C(=O)O.O=C(O)C(=O)O. The van der Waals surface area contributed by atoms with E-state index in [1.165, 1.54) is 41.7 Å². The molecule has 1 saturated heterocycles. The summed E-state index contributed by atoms with van der Waals surface area (Å²) in [7, 11) is 0. The first-order valence-corrected chi connectivity index (χ1v) is 10.6. The van der Waals surface area contributed by atoms with E-state index in [1.807, 2.05) is 18.3 Å². The highest BCUT2D eigenvalue weighted by Gasteiger charge is 2.23. The van der Waals surface area contributed by atoms with Crippen LogP contribution in [0, 0.1) is 6.92 Å². The smallest absolute Gasteiger partial charge is 0.414 e. The topological polar surface area (TPSA) is 190 Å². The minimum atomic E-state index is -1.82. The van der Waals surface area contributed by atoms with E-state index in [2.05, 4.69) is 10.2 Å². The average Bonchev–Trinajstić information content (AvgIpc) is 3.12. The Labute approximate surface area is 186 Å². The van der Waals surface area contributed by atoms with E-state index in [1.54, 1.807) is 10.4 Å². The zero-order chi connectivity index (χ0) is 23.8. The fourth-order valence-electron chi connectivity index (χ4n) is 3.35. The molecule has 0 atom stereocenters. The van der Waals surface area contributed by atoms with Crippen LogP contribution in [0.2, 0.25) is 0 Å². The zero-order valence-electron chi connectivity index (χ0n) is 17.3. The van der Waals surface area contributed by atoms with Crippen molar-refractivity contribution < 1.29 is 39.6 Å².